The number of hydrogen-bond acceptors (Lipinski definition) is 13. The molecule has 3 heterocycles. The first-order chi connectivity index (χ1) is 25.3. The average Bonchev–Trinajstić information content (AvgIpc) is 3.37. The number of cyclic esters (lactones) is 1. The lowest BCUT2D eigenvalue weighted by Gasteiger charge is -2.46. The standard InChI is InChI=1S/C38H69N7O9/c1-13-29-38(7)32(45(36(49)54-38)18-15-14-17-41-42-39)27(16-19-43(8)9)40-22-23(2)21-37(6,50-12)33(25(4)30(46)26(5)34(48)52-29)53-35-31(47)28(44(10)11)20-24(3)51-35/h23-29,31-33,35,40,47H,13-22H2,1-12H3/t23-,24?,25+,26-,27-,28?,29-,31?,32-,33-,35+,37-,38-/m1/s1. The lowest BCUT2D eigenvalue weighted by atomic mass is 9.78. The van der Waals surface area contributed by atoms with Crippen LogP contribution in [0.5, 0.6) is 0 Å². The van der Waals surface area contributed by atoms with Crippen molar-refractivity contribution in [3.8, 4) is 0 Å². The van der Waals surface area contributed by atoms with Gasteiger partial charge in [0.1, 0.15) is 18.1 Å². The number of amides is 1. The monoisotopic (exact) mass is 768 g/mol. The molecule has 3 aliphatic rings. The molecule has 0 aromatic carbocycles. The van der Waals surface area contributed by atoms with Gasteiger partial charge >= 0.3 is 12.1 Å². The second-order valence-electron chi connectivity index (χ2n) is 16.7. The molecule has 3 saturated heterocycles. The number of rotatable bonds is 13. The number of esters is 1. The van der Waals surface area contributed by atoms with E-state index in [-0.39, 0.29) is 24.1 Å². The zero-order valence-corrected chi connectivity index (χ0v) is 34.8. The van der Waals surface area contributed by atoms with Gasteiger partial charge in [-0.25, -0.2) is 4.79 Å². The molecule has 3 rings (SSSR count). The lowest BCUT2D eigenvalue weighted by Crippen LogP contribution is -2.62. The quantitative estimate of drug-likeness (QED) is 0.0687. The summed E-state index contributed by atoms with van der Waals surface area (Å²) in [7, 11) is 9.37. The maximum atomic E-state index is 14.4. The molecule has 0 bridgehead atoms. The highest BCUT2D eigenvalue weighted by molar-refractivity contribution is 6.00. The van der Waals surface area contributed by atoms with Crippen molar-refractivity contribution in [2.45, 2.75) is 147 Å². The molecule has 310 valence electrons. The number of methoxy groups -OCH3 is 1. The summed E-state index contributed by atoms with van der Waals surface area (Å²) in [6.45, 7) is 14.8. The van der Waals surface area contributed by atoms with Gasteiger partial charge in [0.05, 0.1) is 23.9 Å². The van der Waals surface area contributed by atoms with Gasteiger partial charge in [-0.15, -0.1) is 0 Å². The van der Waals surface area contributed by atoms with Crippen LogP contribution in [0.15, 0.2) is 5.11 Å². The van der Waals surface area contributed by atoms with Gasteiger partial charge in [-0.3, -0.25) is 14.5 Å². The Kier molecular flexibility index (Phi) is 17.0. The van der Waals surface area contributed by atoms with Crippen molar-refractivity contribution in [1.82, 2.24) is 20.0 Å². The number of nitrogens with zero attached hydrogens (tertiary/aromatic N) is 6. The van der Waals surface area contributed by atoms with E-state index in [2.05, 4.69) is 27.2 Å². The van der Waals surface area contributed by atoms with Crippen LogP contribution in [0.2, 0.25) is 0 Å². The number of likely N-dealkylation sites (N-methyl/N-ethyl adjacent to an activating group) is 1. The van der Waals surface area contributed by atoms with E-state index in [4.69, 9.17) is 29.2 Å². The van der Waals surface area contributed by atoms with Crippen LogP contribution in [0.4, 0.5) is 4.79 Å². The van der Waals surface area contributed by atoms with Crippen molar-refractivity contribution in [3.05, 3.63) is 10.4 Å². The van der Waals surface area contributed by atoms with Crippen LogP contribution >= 0.6 is 0 Å². The third-order valence-corrected chi connectivity index (χ3v) is 11.8. The van der Waals surface area contributed by atoms with Crippen LogP contribution in [-0.4, -0.2) is 159 Å². The molecule has 0 radical (unpaired) electrons. The fraction of sp³-hybridized carbons (Fsp3) is 0.921. The molecule has 16 heteroatoms. The normalized spacial score (nSPS) is 38.7. The maximum absolute atomic E-state index is 14.4. The topological polar surface area (TPSA) is 188 Å². The third kappa shape index (κ3) is 10.8. The van der Waals surface area contributed by atoms with Crippen molar-refractivity contribution in [1.29, 1.82) is 0 Å². The minimum atomic E-state index is -1.26. The molecule has 0 saturated carbocycles. The first kappa shape index (κ1) is 45.8. The van der Waals surface area contributed by atoms with E-state index in [1.54, 1.807) is 18.9 Å². The number of aliphatic hydroxyl groups is 1. The molecule has 0 aromatic heterocycles. The van der Waals surface area contributed by atoms with Gasteiger partial charge in [0.2, 0.25) is 0 Å². The summed E-state index contributed by atoms with van der Waals surface area (Å²) in [4.78, 5) is 50.7. The van der Waals surface area contributed by atoms with Crippen LogP contribution in [-0.2, 0) is 33.3 Å². The largest absolute Gasteiger partial charge is 0.458 e. The fourth-order valence-corrected chi connectivity index (χ4v) is 8.64. The van der Waals surface area contributed by atoms with Crippen LogP contribution in [0, 0.1) is 17.8 Å². The predicted molar refractivity (Wildman–Crippen MR) is 204 cm³/mol. The van der Waals surface area contributed by atoms with Gasteiger partial charge in [-0.1, -0.05) is 25.9 Å². The van der Waals surface area contributed by atoms with Crippen molar-refractivity contribution in [3.63, 3.8) is 0 Å². The summed E-state index contributed by atoms with van der Waals surface area (Å²) in [5, 5.41) is 18.9. The minimum absolute atomic E-state index is 0.0279. The van der Waals surface area contributed by atoms with Gasteiger partial charge in [-0.05, 0) is 119 Å². The first-order valence-corrected chi connectivity index (χ1v) is 19.7. The first-order valence-electron chi connectivity index (χ1n) is 19.7. The fourth-order valence-electron chi connectivity index (χ4n) is 8.64. The molecular weight excluding hydrogens is 698 g/mol. The molecule has 0 aliphatic carbocycles. The molecular formula is C38H69N7O9. The van der Waals surface area contributed by atoms with E-state index in [0.29, 0.717) is 64.7 Å². The Labute approximate surface area is 322 Å². The third-order valence-electron chi connectivity index (χ3n) is 11.8. The molecule has 2 N–H and O–H groups in total. The van der Waals surface area contributed by atoms with E-state index in [1.165, 1.54) is 6.92 Å². The molecule has 16 nitrogen and oxygen atoms in total. The van der Waals surface area contributed by atoms with Gasteiger partial charge in [-0.2, -0.15) is 0 Å². The van der Waals surface area contributed by atoms with E-state index in [0.717, 1.165) is 0 Å². The number of unbranched alkanes of at least 4 members (excludes halogenated alkanes) is 1. The van der Waals surface area contributed by atoms with Crippen molar-refractivity contribution in [2.24, 2.45) is 22.9 Å². The number of hydrogen-bond donors (Lipinski definition) is 2. The van der Waals surface area contributed by atoms with E-state index >= 15 is 0 Å². The zero-order chi connectivity index (χ0) is 40.5. The highest BCUT2D eigenvalue weighted by atomic mass is 16.7. The smallest absolute Gasteiger partial charge is 0.410 e. The van der Waals surface area contributed by atoms with E-state index < -0.39 is 71.5 Å². The van der Waals surface area contributed by atoms with Crippen molar-refractivity contribution in [2.75, 3.05) is 61.5 Å². The Hall–Kier alpha value is -2.56. The number of nitrogens with one attached hydrogen (secondary N) is 1. The SMILES string of the molecule is CC[C@H]1OC(=O)[C@H](C)C(=O)[C@H](C)[C@@H](O[C@@H]2OC(C)CC(N(C)C)C2O)[C@](C)(OC)C[C@@H](C)CN[C@H](CCN(C)C)[C@H]2N(CCCCN=[N+]=[N-])C(=O)O[C@]12C. The number of fused-ring (bicyclic) bond motifs is 1. The van der Waals surface area contributed by atoms with Crippen LogP contribution in [0.3, 0.4) is 0 Å². The number of ketones is 1. The number of azide groups is 1. The number of aliphatic hydroxyl groups excluding tert-OH is 1. The van der Waals surface area contributed by atoms with Crippen molar-refractivity contribution >= 4 is 17.8 Å². The molecule has 1 amide bonds. The van der Waals surface area contributed by atoms with Gasteiger partial charge in [0.25, 0.3) is 0 Å². The molecule has 3 unspecified atom stereocenters. The summed E-state index contributed by atoms with van der Waals surface area (Å²) in [6, 6.07) is -1.05. The highest BCUT2D eigenvalue weighted by Gasteiger charge is 2.59. The second-order valence-corrected chi connectivity index (χ2v) is 16.7. The summed E-state index contributed by atoms with van der Waals surface area (Å²) in [6.07, 6.45) is -1.32. The van der Waals surface area contributed by atoms with Crippen molar-refractivity contribution < 1.29 is 43.2 Å². The molecule has 13 atom stereocenters. The number of ether oxygens (including phenoxy) is 5. The average molecular weight is 768 g/mol. The lowest BCUT2D eigenvalue weighted by molar-refractivity contribution is -0.295. The number of Topliss-reactive ketones (excluding diaryl/α,β-unsaturated/α-hetero) is 1. The van der Waals surface area contributed by atoms with Gasteiger partial charge in [0, 0.05) is 43.1 Å². The summed E-state index contributed by atoms with van der Waals surface area (Å²) >= 11 is 0. The second kappa shape index (κ2) is 20.0. The Balaban J connectivity index is 2.11. The van der Waals surface area contributed by atoms with E-state index in [9.17, 15) is 19.5 Å². The Morgan fingerprint density at radius 1 is 1.11 bits per heavy atom. The summed E-state index contributed by atoms with van der Waals surface area (Å²) < 4.78 is 31.5. The van der Waals surface area contributed by atoms with Gasteiger partial charge in [0.15, 0.2) is 17.7 Å². The van der Waals surface area contributed by atoms with Crippen LogP contribution < -0.4 is 5.32 Å². The van der Waals surface area contributed by atoms with Crippen LogP contribution in [0.1, 0.15) is 87.0 Å². The minimum Gasteiger partial charge on any atom is -0.458 e. The number of carbonyl (C=O) groups is 3. The van der Waals surface area contributed by atoms with E-state index in [1.807, 2.05) is 60.8 Å². The molecule has 54 heavy (non-hydrogen) atoms. The number of carbonyl (C=O) groups excluding carboxylic acids is 3. The maximum Gasteiger partial charge on any atom is 0.410 e. The van der Waals surface area contributed by atoms with Crippen LogP contribution in [0.25, 0.3) is 10.4 Å². The summed E-state index contributed by atoms with van der Waals surface area (Å²) in [5.74, 6) is -3.21. The zero-order valence-electron chi connectivity index (χ0n) is 34.8. The Bertz CT molecular complexity index is 1300. The molecule has 3 aliphatic heterocycles. The predicted octanol–water partition coefficient (Wildman–Crippen LogP) is 3.99. The van der Waals surface area contributed by atoms with Gasteiger partial charge < -0.3 is 43.9 Å². The Morgan fingerprint density at radius 2 is 1.80 bits per heavy atom. The highest BCUT2D eigenvalue weighted by Crippen LogP contribution is 2.40. The Morgan fingerprint density at radius 3 is 2.39 bits per heavy atom. The molecule has 0 spiro atoms. The summed E-state index contributed by atoms with van der Waals surface area (Å²) in [5.41, 5.74) is 6.44. The molecule has 3 fully saturated rings. The molecule has 0 aromatic rings.